The number of hydrogen-bond acceptors (Lipinski definition) is 3. The van der Waals surface area contributed by atoms with Crippen molar-refractivity contribution < 1.29 is 4.42 Å². The van der Waals surface area contributed by atoms with E-state index in [4.69, 9.17) is 4.42 Å². The summed E-state index contributed by atoms with van der Waals surface area (Å²) in [7, 11) is 0. The minimum Gasteiger partial charge on any atom is -0.423 e. The van der Waals surface area contributed by atoms with Crippen LogP contribution in [0, 0.1) is 6.92 Å². The van der Waals surface area contributed by atoms with Gasteiger partial charge < -0.3 is 4.42 Å². The maximum Gasteiger partial charge on any atom is 0.307 e. The molecule has 3 heterocycles. The van der Waals surface area contributed by atoms with Crippen LogP contribution in [0.4, 0.5) is 0 Å². The average molecular weight is 299 g/mol. The van der Waals surface area contributed by atoms with Crippen LogP contribution in [0.5, 0.6) is 0 Å². The van der Waals surface area contributed by atoms with Gasteiger partial charge in [0.1, 0.15) is 0 Å². The van der Waals surface area contributed by atoms with E-state index in [2.05, 4.69) is 26.5 Å². The van der Waals surface area contributed by atoms with Crippen LogP contribution in [0.1, 0.15) is 5.69 Å². The van der Waals surface area contributed by atoms with E-state index in [1.165, 1.54) is 0 Å². The van der Waals surface area contributed by atoms with Crippen LogP contribution in [-0.2, 0) is 0 Å². The van der Waals surface area contributed by atoms with Gasteiger partial charge in [-0.15, -0.1) is 0 Å². The maximum atomic E-state index is 5.84. The molecule has 0 spiro atoms. The first-order valence-corrected chi connectivity index (χ1v) is 7.53. The minimum atomic E-state index is 0.621. The van der Waals surface area contributed by atoms with Crippen molar-refractivity contribution in [3.8, 4) is 11.3 Å². The number of hydrogen-bond donors (Lipinski definition) is 0. The molecule has 4 heteroatoms. The summed E-state index contributed by atoms with van der Waals surface area (Å²) in [5.74, 6) is 0.621. The monoisotopic (exact) mass is 299 g/mol. The van der Waals surface area contributed by atoms with Gasteiger partial charge in [-0.2, -0.15) is 4.98 Å². The molecule has 3 aromatic heterocycles. The van der Waals surface area contributed by atoms with E-state index in [1.54, 1.807) is 0 Å². The van der Waals surface area contributed by atoms with Gasteiger partial charge in [0.2, 0.25) is 0 Å². The van der Waals surface area contributed by atoms with Crippen molar-refractivity contribution in [3.05, 3.63) is 66.4 Å². The third-order valence-electron chi connectivity index (χ3n) is 4.12. The quantitative estimate of drug-likeness (QED) is 0.454. The molecule has 0 bridgehead atoms. The topological polar surface area (TPSA) is 43.3 Å². The molecule has 0 saturated heterocycles. The summed E-state index contributed by atoms with van der Waals surface area (Å²) in [6.45, 7) is 2.00. The van der Waals surface area contributed by atoms with Gasteiger partial charge in [-0.25, -0.2) is 0 Å². The Morgan fingerprint density at radius 1 is 0.870 bits per heavy atom. The lowest BCUT2D eigenvalue weighted by Crippen LogP contribution is -1.87. The lowest BCUT2D eigenvalue weighted by molar-refractivity contribution is 0.643. The Labute approximate surface area is 132 Å². The van der Waals surface area contributed by atoms with Gasteiger partial charge in [-0.05, 0) is 43.3 Å². The Bertz CT molecular complexity index is 1180. The van der Waals surface area contributed by atoms with E-state index in [0.717, 1.165) is 39.1 Å². The van der Waals surface area contributed by atoms with Gasteiger partial charge in [-0.3, -0.25) is 9.38 Å². The first-order chi connectivity index (χ1) is 11.3. The van der Waals surface area contributed by atoms with E-state index < -0.39 is 0 Å². The first-order valence-electron chi connectivity index (χ1n) is 7.53. The van der Waals surface area contributed by atoms with Crippen molar-refractivity contribution in [1.82, 2.24) is 14.4 Å². The predicted octanol–water partition coefficient (Wildman–Crippen LogP) is 4.60. The molecule has 5 aromatic rings. The summed E-state index contributed by atoms with van der Waals surface area (Å²) in [4.78, 5) is 9.19. The molecule has 2 aromatic carbocycles. The van der Waals surface area contributed by atoms with Crippen LogP contribution in [0.2, 0.25) is 0 Å². The molecular formula is C19H13N3O. The third kappa shape index (κ3) is 1.78. The van der Waals surface area contributed by atoms with Gasteiger partial charge in [0.15, 0.2) is 5.58 Å². The second kappa shape index (κ2) is 4.43. The second-order valence-corrected chi connectivity index (χ2v) is 5.67. The highest BCUT2D eigenvalue weighted by Gasteiger charge is 2.13. The van der Waals surface area contributed by atoms with Gasteiger partial charge in [0.05, 0.1) is 22.2 Å². The summed E-state index contributed by atoms with van der Waals surface area (Å²) in [5.41, 5.74) is 6.88. The number of rotatable bonds is 1. The normalized spacial score (nSPS) is 11.7. The zero-order valence-electron chi connectivity index (χ0n) is 12.5. The lowest BCUT2D eigenvalue weighted by Gasteiger charge is -2.02. The van der Waals surface area contributed by atoms with E-state index in [1.807, 2.05) is 55.5 Å². The molecule has 0 atom stereocenters. The molecule has 0 aliphatic rings. The molecule has 0 aliphatic carbocycles. The molecule has 23 heavy (non-hydrogen) atoms. The average Bonchev–Trinajstić information content (AvgIpc) is 3.09. The Balaban J connectivity index is 1.85. The molecule has 110 valence electrons. The van der Waals surface area contributed by atoms with Crippen LogP contribution in [0.3, 0.4) is 0 Å². The van der Waals surface area contributed by atoms with Crippen molar-refractivity contribution >= 4 is 28.0 Å². The smallest absolute Gasteiger partial charge is 0.307 e. The summed E-state index contributed by atoms with van der Waals surface area (Å²) < 4.78 is 7.90. The van der Waals surface area contributed by atoms with Crippen LogP contribution in [0.25, 0.3) is 39.2 Å². The first kappa shape index (κ1) is 12.4. The van der Waals surface area contributed by atoms with E-state index in [-0.39, 0.29) is 0 Å². The Morgan fingerprint density at radius 2 is 1.78 bits per heavy atom. The number of para-hydroxylation sites is 2. The second-order valence-electron chi connectivity index (χ2n) is 5.67. The molecule has 0 fully saturated rings. The summed E-state index contributed by atoms with van der Waals surface area (Å²) >= 11 is 0. The number of imidazole rings is 1. The molecule has 0 radical (unpaired) electrons. The van der Waals surface area contributed by atoms with Crippen LogP contribution < -0.4 is 0 Å². The largest absolute Gasteiger partial charge is 0.423 e. The number of fused-ring (bicyclic) bond motifs is 5. The number of aromatic nitrogens is 3. The van der Waals surface area contributed by atoms with Crippen molar-refractivity contribution in [2.24, 2.45) is 0 Å². The molecule has 0 saturated carbocycles. The van der Waals surface area contributed by atoms with Gasteiger partial charge in [0, 0.05) is 11.3 Å². The zero-order valence-corrected chi connectivity index (χ0v) is 12.5. The highest BCUT2D eigenvalue weighted by Crippen LogP contribution is 2.28. The predicted molar refractivity (Wildman–Crippen MR) is 90.4 cm³/mol. The molecule has 5 rings (SSSR count). The molecule has 0 amide bonds. The summed E-state index contributed by atoms with van der Waals surface area (Å²) in [6.07, 6.45) is 0. The number of oxazole rings is 1. The van der Waals surface area contributed by atoms with E-state index >= 15 is 0 Å². The minimum absolute atomic E-state index is 0.621. The third-order valence-corrected chi connectivity index (χ3v) is 4.12. The Morgan fingerprint density at radius 3 is 2.70 bits per heavy atom. The van der Waals surface area contributed by atoms with Gasteiger partial charge in [0.25, 0.3) is 0 Å². The number of benzene rings is 2. The molecule has 0 unspecified atom stereocenters. The van der Waals surface area contributed by atoms with E-state index in [0.29, 0.717) is 5.84 Å². The number of nitrogens with zero attached hydrogens (tertiary/aromatic N) is 3. The van der Waals surface area contributed by atoms with Crippen LogP contribution >= 0.6 is 0 Å². The molecule has 4 nitrogen and oxygen atoms in total. The SMILES string of the molecule is Cc1cccc(-c2ccc3nc4oc5ccccc5n4c3c2)n1. The zero-order chi connectivity index (χ0) is 15.4. The number of aryl methyl sites for hydroxylation is 1. The fourth-order valence-electron chi connectivity index (χ4n) is 3.04. The van der Waals surface area contributed by atoms with Crippen LogP contribution in [-0.4, -0.2) is 14.4 Å². The lowest BCUT2D eigenvalue weighted by atomic mass is 10.1. The highest BCUT2D eigenvalue weighted by atomic mass is 16.4. The van der Waals surface area contributed by atoms with Crippen molar-refractivity contribution in [2.75, 3.05) is 0 Å². The fraction of sp³-hybridized carbons (Fsp3) is 0.0526. The van der Waals surface area contributed by atoms with Crippen molar-refractivity contribution in [1.29, 1.82) is 0 Å². The number of pyridine rings is 1. The van der Waals surface area contributed by atoms with Crippen molar-refractivity contribution in [3.63, 3.8) is 0 Å². The fourth-order valence-corrected chi connectivity index (χ4v) is 3.04. The maximum absolute atomic E-state index is 5.84. The molecule has 0 N–H and O–H groups in total. The Kier molecular flexibility index (Phi) is 2.39. The highest BCUT2D eigenvalue weighted by molar-refractivity contribution is 5.90. The summed E-state index contributed by atoms with van der Waals surface area (Å²) in [6, 6.07) is 20.2. The van der Waals surface area contributed by atoms with Crippen LogP contribution in [0.15, 0.2) is 65.1 Å². The standard InChI is InChI=1S/C19H13N3O/c1-12-5-4-6-14(20-12)13-9-10-15-17(11-13)22-16-7-2-3-8-18(16)23-19(22)21-15/h2-11H,1H3. The van der Waals surface area contributed by atoms with Crippen molar-refractivity contribution in [2.45, 2.75) is 6.92 Å². The van der Waals surface area contributed by atoms with E-state index in [9.17, 15) is 0 Å². The van der Waals surface area contributed by atoms with Gasteiger partial charge in [-0.1, -0.05) is 24.3 Å². The molecular weight excluding hydrogens is 286 g/mol. The summed E-state index contributed by atoms with van der Waals surface area (Å²) in [5, 5.41) is 0. The Hall–Kier alpha value is -3.14. The van der Waals surface area contributed by atoms with Gasteiger partial charge >= 0.3 is 5.84 Å². The molecule has 0 aliphatic heterocycles.